The van der Waals surface area contributed by atoms with Crippen LogP contribution in [0.25, 0.3) is 0 Å². The Hall–Kier alpha value is -5.06. The van der Waals surface area contributed by atoms with Crippen LogP contribution in [0.1, 0.15) is 136 Å². The third-order valence-electron chi connectivity index (χ3n) is 11.0. The van der Waals surface area contributed by atoms with Gasteiger partial charge < -0.3 is 45.0 Å². The first-order valence-electron chi connectivity index (χ1n) is 23.3. The molecule has 0 aliphatic carbocycles. The summed E-state index contributed by atoms with van der Waals surface area (Å²) in [6, 6.07) is 4.57. The molecule has 374 valence electrons. The van der Waals surface area contributed by atoms with Crippen molar-refractivity contribution in [2.24, 2.45) is 35.5 Å². The number of amides is 4. The van der Waals surface area contributed by atoms with E-state index < -0.39 is 131 Å². The minimum Gasteiger partial charge on any atom is -0.458 e. The standard InChI is InChI=1S/C49H80N4O13/c1-18-30(11)39(64-46(59)36(27(5)6)50-41(54)32(13)62-25-34-23-21-20-22-24-34)43(56)52-35(26(3)4)45(58)63-33(14)42(55)51-37(28(7)8)47(60)65-40(31(12)19-2)44(57)53-38(29(9)10)48(61)66-49(15,16)17/h20-24,26-33,35-40H,18-19,25H2,1-17H3,(H,50,54)(H,51,55)(H,52,56)(H,53,57)/t30-,31-,32+,33-,35+,36-,37-,38+,39+,40+/m0/s1. The molecule has 0 aliphatic rings. The highest BCUT2D eigenvalue weighted by molar-refractivity contribution is 5.93. The van der Waals surface area contributed by atoms with Gasteiger partial charge in [-0.2, -0.15) is 0 Å². The summed E-state index contributed by atoms with van der Waals surface area (Å²) in [5.41, 5.74) is 0.0639. The van der Waals surface area contributed by atoms with Crippen LogP contribution < -0.4 is 21.3 Å². The number of carbonyl (C=O) groups excluding carboxylic acids is 8. The van der Waals surface area contributed by atoms with Crippen molar-refractivity contribution >= 4 is 47.5 Å². The van der Waals surface area contributed by atoms with Gasteiger partial charge in [0.25, 0.3) is 17.7 Å². The predicted octanol–water partition coefficient (Wildman–Crippen LogP) is 5.34. The molecule has 0 radical (unpaired) electrons. The van der Waals surface area contributed by atoms with Crippen molar-refractivity contribution in [3.8, 4) is 0 Å². The van der Waals surface area contributed by atoms with Gasteiger partial charge in [-0.1, -0.05) is 113 Å². The Morgan fingerprint density at radius 3 is 1.15 bits per heavy atom. The maximum absolute atomic E-state index is 13.9. The molecule has 17 heteroatoms. The highest BCUT2D eigenvalue weighted by atomic mass is 16.6. The molecule has 0 aliphatic heterocycles. The molecule has 0 unspecified atom stereocenters. The van der Waals surface area contributed by atoms with Gasteiger partial charge in [0.15, 0.2) is 18.3 Å². The number of rotatable bonds is 26. The van der Waals surface area contributed by atoms with Crippen molar-refractivity contribution in [2.45, 2.75) is 191 Å². The minimum absolute atomic E-state index is 0.179. The lowest BCUT2D eigenvalue weighted by Crippen LogP contribution is -2.55. The third kappa shape index (κ3) is 19.4. The zero-order valence-corrected chi connectivity index (χ0v) is 42.4. The summed E-state index contributed by atoms with van der Waals surface area (Å²) >= 11 is 0. The predicted molar refractivity (Wildman–Crippen MR) is 248 cm³/mol. The van der Waals surface area contributed by atoms with Crippen LogP contribution in [0, 0.1) is 35.5 Å². The quantitative estimate of drug-likeness (QED) is 0.0680. The van der Waals surface area contributed by atoms with E-state index in [2.05, 4.69) is 21.3 Å². The van der Waals surface area contributed by atoms with Gasteiger partial charge in [-0.3, -0.25) is 19.2 Å². The molecule has 0 saturated carbocycles. The lowest BCUT2D eigenvalue weighted by Gasteiger charge is -2.31. The van der Waals surface area contributed by atoms with Crippen LogP contribution in [0.5, 0.6) is 0 Å². The average molecular weight is 933 g/mol. The number of hydrogen-bond acceptors (Lipinski definition) is 13. The normalized spacial score (nSPS) is 16.3. The van der Waals surface area contributed by atoms with Crippen LogP contribution >= 0.6 is 0 Å². The lowest BCUT2D eigenvalue weighted by molar-refractivity contribution is -0.167. The van der Waals surface area contributed by atoms with E-state index >= 15 is 0 Å². The highest BCUT2D eigenvalue weighted by Gasteiger charge is 2.40. The molecule has 4 amide bonds. The second kappa shape index (κ2) is 27.5. The van der Waals surface area contributed by atoms with Gasteiger partial charge in [0.2, 0.25) is 5.91 Å². The summed E-state index contributed by atoms with van der Waals surface area (Å²) in [5, 5.41) is 10.6. The Balaban J connectivity index is 3.13. The molecule has 1 aromatic carbocycles. The van der Waals surface area contributed by atoms with Crippen molar-refractivity contribution in [1.29, 1.82) is 0 Å². The Bertz CT molecular complexity index is 1760. The fourth-order valence-electron chi connectivity index (χ4n) is 6.22. The topological polar surface area (TPSA) is 231 Å². The molecule has 0 spiro atoms. The smallest absolute Gasteiger partial charge is 0.329 e. The molecule has 0 fully saturated rings. The molecule has 0 aromatic heterocycles. The van der Waals surface area contributed by atoms with E-state index in [4.69, 9.17) is 23.7 Å². The van der Waals surface area contributed by atoms with Crippen molar-refractivity contribution in [2.75, 3.05) is 0 Å². The average Bonchev–Trinajstić information content (AvgIpc) is 3.23. The summed E-state index contributed by atoms with van der Waals surface area (Å²) < 4.78 is 28.3. The number of carbonyl (C=O) groups is 8. The van der Waals surface area contributed by atoms with Crippen LogP contribution in [0.15, 0.2) is 30.3 Å². The molecule has 1 rings (SSSR count). The van der Waals surface area contributed by atoms with Gasteiger partial charge in [-0.25, -0.2) is 19.2 Å². The largest absolute Gasteiger partial charge is 0.458 e. The van der Waals surface area contributed by atoms with Crippen LogP contribution in [-0.2, 0) is 68.6 Å². The van der Waals surface area contributed by atoms with Gasteiger partial charge in [-0.05, 0) is 76.7 Å². The van der Waals surface area contributed by atoms with E-state index in [1.807, 2.05) is 37.3 Å². The van der Waals surface area contributed by atoms with E-state index in [1.54, 1.807) is 104 Å². The number of ether oxygens (including phenoxy) is 5. The summed E-state index contributed by atoms with van der Waals surface area (Å²) in [4.78, 5) is 108. The van der Waals surface area contributed by atoms with Gasteiger partial charge in [0.1, 0.15) is 35.9 Å². The maximum Gasteiger partial charge on any atom is 0.329 e. The number of nitrogens with one attached hydrogen (secondary N) is 4. The maximum atomic E-state index is 13.9. The molecule has 10 atom stereocenters. The number of esters is 4. The highest BCUT2D eigenvalue weighted by Crippen LogP contribution is 2.20. The molecule has 1 aromatic rings. The summed E-state index contributed by atoms with van der Waals surface area (Å²) in [5.74, 6) is -9.13. The van der Waals surface area contributed by atoms with Crippen LogP contribution in [-0.4, -0.2) is 102 Å². The van der Waals surface area contributed by atoms with Crippen LogP contribution in [0.4, 0.5) is 0 Å². The van der Waals surface area contributed by atoms with Crippen molar-refractivity contribution in [3.63, 3.8) is 0 Å². The van der Waals surface area contributed by atoms with Gasteiger partial charge >= 0.3 is 23.9 Å². The van der Waals surface area contributed by atoms with E-state index in [1.165, 1.54) is 6.92 Å². The van der Waals surface area contributed by atoms with Crippen molar-refractivity contribution in [3.05, 3.63) is 35.9 Å². The SMILES string of the molecule is CC[C@H](C)[C@@H](OC(=O)[C@@H](NC(=O)[C@H](C)OC(=O)[C@H](NC(=O)[C@H](OC(=O)[C@@H](NC(=O)[C@@H](C)OCc1ccccc1)C(C)C)[C@@H](C)CC)C(C)C)C(C)C)C(=O)N[C@@H](C(=O)OC(C)(C)C)C(C)C. The van der Waals surface area contributed by atoms with Crippen LogP contribution in [0.2, 0.25) is 0 Å². The van der Waals surface area contributed by atoms with Gasteiger partial charge in [0.05, 0.1) is 6.61 Å². The van der Waals surface area contributed by atoms with E-state index in [-0.39, 0.29) is 12.5 Å². The van der Waals surface area contributed by atoms with Crippen LogP contribution in [0.3, 0.4) is 0 Å². The first kappa shape index (κ1) is 59.0. The first-order chi connectivity index (χ1) is 30.6. The Morgan fingerprint density at radius 2 is 0.803 bits per heavy atom. The van der Waals surface area contributed by atoms with E-state index in [9.17, 15) is 38.4 Å². The summed E-state index contributed by atoms with van der Waals surface area (Å²) in [7, 11) is 0. The monoisotopic (exact) mass is 933 g/mol. The summed E-state index contributed by atoms with van der Waals surface area (Å²) in [6.45, 7) is 28.7. The fraction of sp³-hybridized carbons (Fsp3) is 0.714. The lowest BCUT2D eigenvalue weighted by atomic mass is 9.98. The summed E-state index contributed by atoms with van der Waals surface area (Å²) in [6.07, 6.45) is -4.21. The molecule has 17 nitrogen and oxygen atoms in total. The molecule has 66 heavy (non-hydrogen) atoms. The zero-order valence-electron chi connectivity index (χ0n) is 42.4. The number of benzene rings is 1. The molecule has 0 bridgehead atoms. The second-order valence-corrected chi connectivity index (χ2v) is 19.5. The minimum atomic E-state index is -1.46. The molecular formula is C49H80N4O13. The first-order valence-corrected chi connectivity index (χ1v) is 23.3. The van der Waals surface area contributed by atoms with E-state index in [0.29, 0.717) is 12.8 Å². The molecule has 0 saturated heterocycles. The van der Waals surface area contributed by atoms with Crippen molar-refractivity contribution in [1.82, 2.24) is 21.3 Å². The van der Waals surface area contributed by atoms with Crippen molar-refractivity contribution < 1.29 is 62.0 Å². The molecular weight excluding hydrogens is 853 g/mol. The molecule has 0 heterocycles. The van der Waals surface area contributed by atoms with E-state index in [0.717, 1.165) is 5.56 Å². The third-order valence-corrected chi connectivity index (χ3v) is 11.0. The Labute approximate surface area is 392 Å². The molecule has 4 N–H and O–H groups in total. The Kier molecular flexibility index (Phi) is 24.6. The Morgan fingerprint density at radius 1 is 0.470 bits per heavy atom. The zero-order chi connectivity index (χ0) is 50.8. The second-order valence-electron chi connectivity index (χ2n) is 19.5. The van der Waals surface area contributed by atoms with Gasteiger partial charge in [0, 0.05) is 11.8 Å². The number of hydrogen-bond donors (Lipinski definition) is 4. The van der Waals surface area contributed by atoms with Gasteiger partial charge in [-0.15, -0.1) is 0 Å². The fourth-order valence-corrected chi connectivity index (χ4v) is 6.22.